The van der Waals surface area contributed by atoms with Crippen LogP contribution < -0.4 is 0 Å². The Balaban J connectivity index is 4.26. The van der Waals surface area contributed by atoms with Crippen LogP contribution in [0.2, 0.25) is 0 Å². The van der Waals surface area contributed by atoms with Gasteiger partial charge in [-0.3, -0.25) is 14.4 Å². The number of hydrogen-bond acceptors (Lipinski definition) is 6. The Labute approximate surface area is 380 Å². The number of carbonyl (C=O) groups excluding carboxylic acids is 3. The van der Waals surface area contributed by atoms with Gasteiger partial charge in [0, 0.05) is 19.3 Å². The summed E-state index contributed by atoms with van der Waals surface area (Å²) in [6, 6.07) is 0. The van der Waals surface area contributed by atoms with E-state index in [1.807, 2.05) is 0 Å². The van der Waals surface area contributed by atoms with Gasteiger partial charge >= 0.3 is 17.9 Å². The van der Waals surface area contributed by atoms with Crippen LogP contribution in [-0.2, 0) is 28.6 Å². The van der Waals surface area contributed by atoms with Crippen LogP contribution in [0, 0.1) is 11.8 Å². The normalized spacial score (nSPS) is 12.5. The Morgan fingerprint density at radius 2 is 0.623 bits per heavy atom. The van der Waals surface area contributed by atoms with Gasteiger partial charge in [-0.15, -0.1) is 0 Å². The van der Waals surface area contributed by atoms with E-state index < -0.39 is 6.10 Å². The largest absolute Gasteiger partial charge is 0.462 e. The minimum Gasteiger partial charge on any atom is -0.462 e. The summed E-state index contributed by atoms with van der Waals surface area (Å²) in [7, 11) is 0. The molecule has 0 saturated carbocycles. The lowest BCUT2D eigenvalue weighted by Gasteiger charge is -2.18. The zero-order valence-corrected chi connectivity index (χ0v) is 41.8. The zero-order valence-electron chi connectivity index (χ0n) is 41.8. The number of esters is 3. The molecule has 362 valence electrons. The van der Waals surface area contributed by atoms with Crippen molar-refractivity contribution in [2.45, 2.75) is 310 Å². The van der Waals surface area contributed by atoms with Crippen LogP contribution in [0.15, 0.2) is 0 Å². The Bertz CT molecular complexity index is 933. The van der Waals surface area contributed by atoms with E-state index in [9.17, 15) is 14.4 Å². The first kappa shape index (κ1) is 59.4. The molecule has 0 N–H and O–H groups in total. The lowest BCUT2D eigenvalue weighted by molar-refractivity contribution is -0.167. The van der Waals surface area contributed by atoms with Crippen LogP contribution >= 0.6 is 0 Å². The maximum absolute atomic E-state index is 12.8. The Kier molecular flexibility index (Phi) is 46.6. The highest BCUT2D eigenvalue weighted by atomic mass is 16.6. The Hall–Kier alpha value is -1.59. The molecule has 0 rings (SSSR count). The molecule has 2 atom stereocenters. The van der Waals surface area contributed by atoms with Crippen LogP contribution in [0.1, 0.15) is 304 Å². The topological polar surface area (TPSA) is 78.9 Å². The average molecular weight is 863 g/mol. The summed E-state index contributed by atoms with van der Waals surface area (Å²) in [5.41, 5.74) is 0. The third-order valence-electron chi connectivity index (χ3n) is 12.8. The predicted octanol–water partition coefficient (Wildman–Crippen LogP) is 17.7. The van der Waals surface area contributed by atoms with Crippen LogP contribution in [0.25, 0.3) is 0 Å². The first-order chi connectivity index (χ1) is 29.8. The van der Waals surface area contributed by atoms with E-state index in [0.29, 0.717) is 19.3 Å². The third-order valence-corrected chi connectivity index (χ3v) is 12.8. The van der Waals surface area contributed by atoms with Crippen molar-refractivity contribution in [3.05, 3.63) is 0 Å². The number of unbranched alkanes of at least 4 members (excludes halogenated alkanes) is 33. The summed E-state index contributed by atoms with van der Waals surface area (Å²) in [6.07, 6.45) is 49.4. The number of rotatable bonds is 49. The van der Waals surface area contributed by atoms with Crippen molar-refractivity contribution in [3.8, 4) is 0 Å². The maximum Gasteiger partial charge on any atom is 0.306 e. The molecule has 0 bridgehead atoms. The lowest BCUT2D eigenvalue weighted by Crippen LogP contribution is -2.30. The Morgan fingerprint density at radius 3 is 0.934 bits per heavy atom. The molecule has 0 spiro atoms. The summed E-state index contributed by atoms with van der Waals surface area (Å²) in [5.74, 6) is 0.874. The van der Waals surface area contributed by atoms with Crippen LogP contribution in [0.5, 0.6) is 0 Å². The van der Waals surface area contributed by atoms with Crippen molar-refractivity contribution in [2.24, 2.45) is 11.8 Å². The highest BCUT2D eigenvalue weighted by Gasteiger charge is 2.19. The molecule has 1 unspecified atom stereocenters. The third kappa shape index (κ3) is 47.7. The van der Waals surface area contributed by atoms with Crippen molar-refractivity contribution in [2.75, 3.05) is 13.2 Å². The molecule has 0 saturated heterocycles. The van der Waals surface area contributed by atoms with E-state index in [1.54, 1.807) is 0 Å². The number of carbonyl (C=O) groups is 3. The monoisotopic (exact) mass is 863 g/mol. The molecule has 0 aliphatic carbocycles. The minimum absolute atomic E-state index is 0.0632. The van der Waals surface area contributed by atoms with Gasteiger partial charge in [0.1, 0.15) is 13.2 Å². The molecular weight excluding hydrogens is 757 g/mol. The molecule has 0 fully saturated rings. The number of ether oxygens (including phenoxy) is 3. The van der Waals surface area contributed by atoms with Gasteiger partial charge in [0.2, 0.25) is 0 Å². The van der Waals surface area contributed by atoms with Gasteiger partial charge in [-0.25, -0.2) is 0 Å². The first-order valence-electron chi connectivity index (χ1n) is 27.3. The summed E-state index contributed by atoms with van der Waals surface area (Å²) in [4.78, 5) is 38.0. The van der Waals surface area contributed by atoms with Crippen molar-refractivity contribution in [1.82, 2.24) is 0 Å². The van der Waals surface area contributed by atoms with Gasteiger partial charge in [0.05, 0.1) is 0 Å². The minimum atomic E-state index is -0.761. The molecule has 0 aromatic heterocycles. The SMILES string of the molecule is CCCCCCCCCCCCCC(=O)O[C@H](COC(=O)CCCCCCCCCCCCCCCCCC(C)C)COC(=O)CCCCCCCCCCCCC(C)CC. The van der Waals surface area contributed by atoms with Crippen molar-refractivity contribution >= 4 is 17.9 Å². The van der Waals surface area contributed by atoms with Gasteiger partial charge in [0.15, 0.2) is 6.10 Å². The van der Waals surface area contributed by atoms with E-state index >= 15 is 0 Å². The van der Waals surface area contributed by atoms with Crippen molar-refractivity contribution < 1.29 is 28.6 Å². The fourth-order valence-corrected chi connectivity index (χ4v) is 8.31. The second kappa shape index (κ2) is 47.9. The first-order valence-corrected chi connectivity index (χ1v) is 27.3. The van der Waals surface area contributed by atoms with Crippen LogP contribution in [-0.4, -0.2) is 37.2 Å². The molecule has 6 heteroatoms. The molecule has 0 heterocycles. The number of hydrogen-bond donors (Lipinski definition) is 0. The standard InChI is InChI=1S/C55H106O6/c1-6-8-9-10-11-12-18-27-32-37-42-47-55(58)61-52(49-60-54(57)46-41-36-31-26-22-21-24-29-34-39-44-51(5)7-2)48-59-53(56)45-40-35-30-25-20-17-15-13-14-16-19-23-28-33-38-43-50(3)4/h50-52H,6-49H2,1-5H3/t51?,52-/m1/s1. The second-order valence-electron chi connectivity index (χ2n) is 19.6. The molecule has 0 aromatic carbocycles. The van der Waals surface area contributed by atoms with Gasteiger partial charge in [-0.1, -0.05) is 266 Å². The van der Waals surface area contributed by atoms with Gasteiger partial charge in [-0.2, -0.15) is 0 Å². The fraction of sp³-hybridized carbons (Fsp3) is 0.945. The smallest absolute Gasteiger partial charge is 0.306 e. The maximum atomic E-state index is 12.8. The quantitative estimate of drug-likeness (QED) is 0.0344. The van der Waals surface area contributed by atoms with E-state index in [4.69, 9.17) is 14.2 Å². The van der Waals surface area contributed by atoms with Gasteiger partial charge in [-0.05, 0) is 31.1 Å². The van der Waals surface area contributed by atoms with E-state index in [0.717, 1.165) is 69.6 Å². The Morgan fingerprint density at radius 1 is 0.344 bits per heavy atom. The summed E-state index contributed by atoms with van der Waals surface area (Å²) in [6.45, 7) is 11.4. The molecule has 6 nitrogen and oxygen atoms in total. The van der Waals surface area contributed by atoms with Crippen molar-refractivity contribution in [3.63, 3.8) is 0 Å². The average Bonchev–Trinajstić information content (AvgIpc) is 3.24. The lowest BCUT2D eigenvalue weighted by atomic mass is 9.99. The fourth-order valence-electron chi connectivity index (χ4n) is 8.31. The zero-order chi connectivity index (χ0) is 44.7. The molecule has 0 aromatic rings. The van der Waals surface area contributed by atoms with Gasteiger partial charge < -0.3 is 14.2 Å². The second-order valence-corrected chi connectivity index (χ2v) is 19.6. The molecule has 0 aliphatic heterocycles. The molecule has 0 aliphatic rings. The summed E-state index contributed by atoms with van der Waals surface area (Å²) in [5, 5.41) is 0. The predicted molar refractivity (Wildman–Crippen MR) is 261 cm³/mol. The van der Waals surface area contributed by atoms with E-state index in [-0.39, 0.29) is 31.1 Å². The van der Waals surface area contributed by atoms with E-state index in [1.165, 1.54) is 193 Å². The van der Waals surface area contributed by atoms with Crippen molar-refractivity contribution in [1.29, 1.82) is 0 Å². The molecule has 0 amide bonds. The highest BCUT2D eigenvalue weighted by molar-refractivity contribution is 5.71. The summed E-state index contributed by atoms with van der Waals surface area (Å²) < 4.78 is 16.8. The molecule has 61 heavy (non-hydrogen) atoms. The highest BCUT2D eigenvalue weighted by Crippen LogP contribution is 2.18. The molecule has 0 radical (unpaired) electrons. The van der Waals surface area contributed by atoms with Gasteiger partial charge in [0.25, 0.3) is 0 Å². The van der Waals surface area contributed by atoms with E-state index in [2.05, 4.69) is 34.6 Å². The van der Waals surface area contributed by atoms with Crippen LogP contribution in [0.4, 0.5) is 0 Å². The summed E-state index contributed by atoms with van der Waals surface area (Å²) >= 11 is 0. The van der Waals surface area contributed by atoms with Crippen LogP contribution in [0.3, 0.4) is 0 Å². The molecular formula is C55H106O6.